The molecule has 1 aromatic carbocycles. The Morgan fingerprint density at radius 2 is 1.83 bits per heavy atom. The fourth-order valence-electron chi connectivity index (χ4n) is 2.35. The van der Waals surface area contributed by atoms with Crippen molar-refractivity contribution in [2.75, 3.05) is 34.2 Å². The minimum Gasteiger partial charge on any atom is -0.355 e. The summed E-state index contributed by atoms with van der Waals surface area (Å²) in [6.45, 7) is 0.0462. The van der Waals surface area contributed by atoms with Gasteiger partial charge in [0.1, 0.15) is 13.1 Å². The van der Waals surface area contributed by atoms with Crippen molar-refractivity contribution in [3.05, 3.63) is 35.4 Å². The molecule has 8 heteroatoms. The van der Waals surface area contributed by atoms with Gasteiger partial charge in [-0.3, -0.25) is 19.3 Å². The molecule has 0 saturated carbocycles. The number of carbonyl (C=O) groups is 4. The molecular formula is C16H20N4O4. The molecule has 0 atom stereocenters. The molecule has 1 N–H and O–H groups in total. The van der Waals surface area contributed by atoms with Crippen LogP contribution in [0.4, 0.5) is 4.79 Å². The molecule has 0 unspecified atom stereocenters. The average molecular weight is 332 g/mol. The molecule has 1 aliphatic rings. The zero-order valence-electron chi connectivity index (χ0n) is 13.9. The van der Waals surface area contributed by atoms with Gasteiger partial charge < -0.3 is 15.1 Å². The van der Waals surface area contributed by atoms with E-state index in [1.165, 1.54) is 16.8 Å². The highest BCUT2D eigenvalue weighted by atomic mass is 16.2. The summed E-state index contributed by atoms with van der Waals surface area (Å²) in [7, 11) is 4.67. The van der Waals surface area contributed by atoms with E-state index in [2.05, 4.69) is 5.32 Å². The average Bonchev–Trinajstić information content (AvgIpc) is 2.81. The number of carbonyl (C=O) groups excluding carboxylic acids is 4. The molecule has 0 aromatic heterocycles. The fourth-order valence-corrected chi connectivity index (χ4v) is 2.35. The van der Waals surface area contributed by atoms with Crippen LogP contribution in [0, 0.1) is 0 Å². The molecule has 1 aromatic rings. The monoisotopic (exact) mass is 332 g/mol. The summed E-state index contributed by atoms with van der Waals surface area (Å²) in [5.74, 6) is -0.886. The Morgan fingerprint density at radius 1 is 1.21 bits per heavy atom. The lowest BCUT2D eigenvalue weighted by Gasteiger charge is -2.20. The van der Waals surface area contributed by atoms with Crippen molar-refractivity contribution in [3.63, 3.8) is 0 Å². The molecule has 0 radical (unpaired) electrons. The van der Waals surface area contributed by atoms with E-state index in [4.69, 9.17) is 0 Å². The van der Waals surface area contributed by atoms with E-state index in [0.717, 1.165) is 10.5 Å². The maximum absolute atomic E-state index is 12.2. The normalized spacial score (nSPS) is 14.1. The second-order valence-electron chi connectivity index (χ2n) is 5.64. The Labute approximate surface area is 140 Å². The Bertz CT molecular complexity index is 671. The molecule has 1 saturated heterocycles. The third-order valence-corrected chi connectivity index (χ3v) is 3.81. The van der Waals surface area contributed by atoms with Crippen LogP contribution < -0.4 is 5.32 Å². The second kappa shape index (κ2) is 7.12. The van der Waals surface area contributed by atoms with Crippen molar-refractivity contribution in [2.45, 2.75) is 6.54 Å². The van der Waals surface area contributed by atoms with Gasteiger partial charge in [-0.25, -0.2) is 4.79 Å². The number of imide groups is 1. The van der Waals surface area contributed by atoms with E-state index in [9.17, 15) is 19.2 Å². The molecule has 0 aliphatic carbocycles. The largest absolute Gasteiger partial charge is 0.355 e. The van der Waals surface area contributed by atoms with Gasteiger partial charge in [0.15, 0.2) is 0 Å². The van der Waals surface area contributed by atoms with Gasteiger partial charge in [0.25, 0.3) is 11.8 Å². The number of benzene rings is 1. The molecular weight excluding hydrogens is 312 g/mol. The number of rotatable bonds is 5. The predicted octanol–water partition coefficient (Wildman–Crippen LogP) is -0.101. The summed E-state index contributed by atoms with van der Waals surface area (Å²) in [4.78, 5) is 50.8. The van der Waals surface area contributed by atoms with Gasteiger partial charge in [0.2, 0.25) is 5.91 Å². The van der Waals surface area contributed by atoms with Crippen LogP contribution >= 0.6 is 0 Å². The number of nitrogens with one attached hydrogen (secondary N) is 1. The van der Waals surface area contributed by atoms with Crippen LogP contribution in [-0.4, -0.2) is 72.7 Å². The molecule has 5 amide bonds. The minimum absolute atomic E-state index is 0.00319. The highest BCUT2D eigenvalue weighted by Crippen LogP contribution is 2.10. The smallest absolute Gasteiger partial charge is 0.327 e. The van der Waals surface area contributed by atoms with E-state index in [-0.39, 0.29) is 30.8 Å². The van der Waals surface area contributed by atoms with Gasteiger partial charge in [0.05, 0.1) is 0 Å². The number of hydrogen-bond donors (Lipinski definition) is 1. The Kier molecular flexibility index (Phi) is 5.18. The summed E-state index contributed by atoms with van der Waals surface area (Å²) in [6, 6.07) is 6.41. The summed E-state index contributed by atoms with van der Waals surface area (Å²) in [6.07, 6.45) is 0. The lowest BCUT2D eigenvalue weighted by atomic mass is 10.1. The summed E-state index contributed by atoms with van der Waals surface area (Å²) in [5.41, 5.74) is 1.38. The quantitative estimate of drug-likeness (QED) is 0.763. The number of hydrogen-bond acceptors (Lipinski definition) is 4. The first-order valence-corrected chi connectivity index (χ1v) is 7.44. The standard InChI is InChI=1S/C16H20N4O4/c1-17-15(23)12-6-4-11(5-7-12)8-18(2)13(21)10-20-14(22)9-19(3)16(20)24/h4-7H,8-10H2,1-3H3,(H,17,23). The minimum atomic E-state index is -0.461. The highest BCUT2D eigenvalue weighted by Gasteiger charge is 2.35. The Hall–Kier alpha value is -2.90. The maximum atomic E-state index is 12.2. The molecule has 0 bridgehead atoms. The Balaban J connectivity index is 1.95. The number of urea groups is 1. The third kappa shape index (κ3) is 3.70. The summed E-state index contributed by atoms with van der Waals surface area (Å²) in [5, 5.41) is 2.54. The van der Waals surface area contributed by atoms with Gasteiger partial charge in [-0.1, -0.05) is 12.1 Å². The predicted molar refractivity (Wildman–Crippen MR) is 86.0 cm³/mol. The first kappa shape index (κ1) is 17.5. The first-order chi connectivity index (χ1) is 11.3. The van der Waals surface area contributed by atoms with Crippen LogP contribution in [0.1, 0.15) is 15.9 Å². The lowest BCUT2D eigenvalue weighted by Crippen LogP contribution is -2.41. The van der Waals surface area contributed by atoms with Crippen LogP contribution in [0.3, 0.4) is 0 Å². The van der Waals surface area contributed by atoms with E-state index in [1.54, 1.807) is 38.4 Å². The van der Waals surface area contributed by atoms with Crippen molar-refractivity contribution in [2.24, 2.45) is 0 Å². The highest BCUT2D eigenvalue weighted by molar-refractivity contribution is 6.04. The van der Waals surface area contributed by atoms with Crippen molar-refractivity contribution >= 4 is 23.8 Å². The van der Waals surface area contributed by atoms with Gasteiger partial charge in [-0.05, 0) is 17.7 Å². The van der Waals surface area contributed by atoms with E-state index >= 15 is 0 Å². The fraction of sp³-hybridized carbons (Fsp3) is 0.375. The number of nitrogens with zero attached hydrogens (tertiary/aromatic N) is 3. The van der Waals surface area contributed by atoms with E-state index in [0.29, 0.717) is 12.1 Å². The first-order valence-electron chi connectivity index (χ1n) is 7.44. The lowest BCUT2D eigenvalue weighted by molar-refractivity contribution is -0.136. The van der Waals surface area contributed by atoms with Gasteiger partial charge in [-0.15, -0.1) is 0 Å². The van der Waals surface area contributed by atoms with Crippen LogP contribution in [0.25, 0.3) is 0 Å². The molecule has 1 fully saturated rings. The van der Waals surface area contributed by atoms with Crippen LogP contribution in [-0.2, 0) is 16.1 Å². The van der Waals surface area contributed by atoms with Crippen molar-refractivity contribution in [3.8, 4) is 0 Å². The zero-order chi connectivity index (χ0) is 17.9. The number of amides is 5. The van der Waals surface area contributed by atoms with Crippen LogP contribution in [0.2, 0.25) is 0 Å². The van der Waals surface area contributed by atoms with E-state index in [1.807, 2.05) is 0 Å². The third-order valence-electron chi connectivity index (χ3n) is 3.81. The summed E-state index contributed by atoms with van der Waals surface area (Å²) < 4.78 is 0. The maximum Gasteiger partial charge on any atom is 0.327 e. The molecule has 2 rings (SSSR count). The van der Waals surface area contributed by atoms with Crippen molar-refractivity contribution < 1.29 is 19.2 Å². The van der Waals surface area contributed by atoms with Crippen LogP contribution in [0.15, 0.2) is 24.3 Å². The van der Waals surface area contributed by atoms with E-state index < -0.39 is 6.03 Å². The van der Waals surface area contributed by atoms with Gasteiger partial charge in [0, 0.05) is 33.3 Å². The Morgan fingerprint density at radius 3 is 2.33 bits per heavy atom. The molecule has 1 heterocycles. The van der Waals surface area contributed by atoms with Gasteiger partial charge in [-0.2, -0.15) is 0 Å². The molecule has 1 aliphatic heterocycles. The second-order valence-corrected chi connectivity index (χ2v) is 5.64. The topological polar surface area (TPSA) is 90.0 Å². The van der Waals surface area contributed by atoms with Gasteiger partial charge >= 0.3 is 6.03 Å². The zero-order valence-corrected chi connectivity index (χ0v) is 13.9. The van der Waals surface area contributed by atoms with Crippen LogP contribution in [0.5, 0.6) is 0 Å². The molecule has 24 heavy (non-hydrogen) atoms. The molecule has 0 spiro atoms. The van der Waals surface area contributed by atoms with Crippen molar-refractivity contribution in [1.82, 2.24) is 20.0 Å². The summed E-state index contributed by atoms with van der Waals surface area (Å²) >= 11 is 0. The SMILES string of the molecule is CNC(=O)c1ccc(CN(C)C(=O)CN2C(=O)CN(C)C2=O)cc1. The molecule has 8 nitrogen and oxygen atoms in total. The van der Waals surface area contributed by atoms with Crippen molar-refractivity contribution in [1.29, 1.82) is 0 Å². The number of likely N-dealkylation sites (N-methyl/N-ethyl adjacent to an activating group) is 2. The molecule has 128 valence electrons.